The second-order valence-electron chi connectivity index (χ2n) is 4.48. The zero-order valence-electron chi connectivity index (χ0n) is 10.5. The van der Waals surface area contributed by atoms with Gasteiger partial charge in [0.1, 0.15) is 11.6 Å². The van der Waals surface area contributed by atoms with Crippen LogP contribution in [0, 0.1) is 11.6 Å². The Labute approximate surface area is 119 Å². The summed E-state index contributed by atoms with van der Waals surface area (Å²) in [6.45, 7) is 0. The molecule has 100 valence electrons. The molecule has 0 unspecified atom stereocenters. The Bertz CT molecular complexity index is 630. The Morgan fingerprint density at radius 1 is 0.800 bits per heavy atom. The van der Waals surface area contributed by atoms with Crippen LogP contribution >= 0.6 is 11.3 Å². The third kappa shape index (κ3) is 2.60. The van der Waals surface area contributed by atoms with Crippen LogP contribution in [-0.2, 0) is 0 Å². The van der Waals surface area contributed by atoms with Gasteiger partial charge in [0.25, 0.3) is 0 Å². The molecule has 1 nitrogen and oxygen atoms in total. The zero-order chi connectivity index (χ0) is 13.9. The van der Waals surface area contributed by atoms with Gasteiger partial charge in [0.05, 0.1) is 5.38 Å². The zero-order valence-corrected chi connectivity index (χ0v) is 11.4. The minimum Gasteiger partial charge on any atom is -0.207 e. The molecule has 0 bridgehead atoms. The molecule has 0 saturated carbocycles. The highest BCUT2D eigenvalue weighted by Gasteiger charge is 2.23. The first-order chi connectivity index (χ1) is 9.74. The van der Waals surface area contributed by atoms with Crippen LogP contribution in [0.1, 0.15) is 17.2 Å². The average Bonchev–Trinajstić information content (AvgIpc) is 2.97. The number of benzene rings is 2. The molecule has 0 amide bonds. The third-order valence-electron chi connectivity index (χ3n) is 3.16. The van der Waals surface area contributed by atoms with Crippen molar-refractivity contribution in [1.82, 2.24) is 0 Å². The SMILES string of the molecule is Fc1ccc(C(c2ccc(F)cc2)[n+]2ccsc2)cc1. The van der Waals surface area contributed by atoms with E-state index >= 15 is 0 Å². The molecule has 0 radical (unpaired) electrons. The summed E-state index contributed by atoms with van der Waals surface area (Å²) in [7, 11) is 0. The van der Waals surface area contributed by atoms with E-state index in [1.807, 2.05) is 21.7 Å². The summed E-state index contributed by atoms with van der Waals surface area (Å²) in [5.41, 5.74) is 3.90. The Hall–Kier alpha value is -2.07. The lowest BCUT2D eigenvalue weighted by molar-refractivity contribution is -0.700. The first kappa shape index (κ1) is 12.9. The van der Waals surface area contributed by atoms with Gasteiger partial charge in [-0.15, -0.1) is 0 Å². The fourth-order valence-corrected chi connectivity index (χ4v) is 2.83. The maximum Gasteiger partial charge on any atom is 0.225 e. The van der Waals surface area contributed by atoms with Crippen molar-refractivity contribution in [2.24, 2.45) is 0 Å². The molecule has 0 fully saturated rings. The van der Waals surface area contributed by atoms with Gasteiger partial charge in [-0.3, -0.25) is 0 Å². The summed E-state index contributed by atoms with van der Waals surface area (Å²) in [4.78, 5) is 0. The van der Waals surface area contributed by atoms with E-state index in [2.05, 4.69) is 0 Å². The van der Waals surface area contributed by atoms with E-state index in [1.54, 1.807) is 35.6 Å². The van der Waals surface area contributed by atoms with E-state index < -0.39 is 0 Å². The molecule has 0 spiro atoms. The number of aromatic nitrogens is 1. The summed E-state index contributed by atoms with van der Waals surface area (Å²) in [6, 6.07) is 12.7. The standard InChI is InChI=1S/C16H12F2NS/c17-14-5-1-12(2-6-14)16(19-9-10-20-11-19)13-3-7-15(18)8-4-13/h1-11,16H/q+1. The van der Waals surface area contributed by atoms with E-state index in [9.17, 15) is 8.78 Å². The van der Waals surface area contributed by atoms with E-state index in [0.29, 0.717) is 0 Å². The fourth-order valence-electron chi connectivity index (χ4n) is 2.22. The predicted octanol–water partition coefficient (Wildman–Crippen LogP) is 3.95. The molecule has 2 aromatic carbocycles. The van der Waals surface area contributed by atoms with Crippen molar-refractivity contribution in [1.29, 1.82) is 0 Å². The van der Waals surface area contributed by atoms with Crippen LogP contribution < -0.4 is 4.57 Å². The van der Waals surface area contributed by atoms with Crippen molar-refractivity contribution in [3.8, 4) is 0 Å². The van der Waals surface area contributed by atoms with Gasteiger partial charge >= 0.3 is 0 Å². The van der Waals surface area contributed by atoms with Crippen molar-refractivity contribution < 1.29 is 13.3 Å². The van der Waals surface area contributed by atoms with Crippen molar-refractivity contribution in [3.05, 3.63) is 88.4 Å². The highest BCUT2D eigenvalue weighted by molar-refractivity contribution is 7.07. The minimum absolute atomic E-state index is 0.0811. The van der Waals surface area contributed by atoms with Crippen LogP contribution in [-0.4, -0.2) is 0 Å². The van der Waals surface area contributed by atoms with Crippen LogP contribution in [0.5, 0.6) is 0 Å². The number of hydrogen-bond acceptors (Lipinski definition) is 1. The highest BCUT2D eigenvalue weighted by atomic mass is 32.1. The molecule has 3 aromatic rings. The van der Waals surface area contributed by atoms with Crippen LogP contribution in [0.25, 0.3) is 0 Å². The topological polar surface area (TPSA) is 3.88 Å². The van der Waals surface area contributed by atoms with Crippen molar-refractivity contribution in [3.63, 3.8) is 0 Å². The van der Waals surface area contributed by atoms with Crippen molar-refractivity contribution in [2.45, 2.75) is 6.04 Å². The van der Waals surface area contributed by atoms with Crippen LogP contribution in [0.4, 0.5) is 8.78 Å². The molecule has 1 aromatic heterocycles. The molecular formula is C16H12F2NS+. The fraction of sp³-hybridized carbons (Fsp3) is 0.0625. The lowest BCUT2D eigenvalue weighted by Gasteiger charge is -2.12. The van der Waals surface area contributed by atoms with Gasteiger partial charge < -0.3 is 0 Å². The van der Waals surface area contributed by atoms with Gasteiger partial charge in [-0.25, -0.2) is 8.78 Å². The lowest BCUT2D eigenvalue weighted by atomic mass is 9.98. The molecule has 0 saturated heterocycles. The normalized spacial score (nSPS) is 10.9. The van der Waals surface area contributed by atoms with Gasteiger partial charge in [-0.05, 0) is 48.5 Å². The second kappa shape index (κ2) is 5.51. The molecule has 0 atom stereocenters. The van der Waals surface area contributed by atoms with Gasteiger partial charge in [0, 0.05) is 11.1 Å². The van der Waals surface area contributed by atoms with Gasteiger partial charge in [0.15, 0.2) is 6.20 Å². The molecule has 3 rings (SSSR count). The molecule has 0 N–H and O–H groups in total. The van der Waals surface area contributed by atoms with E-state index in [1.165, 1.54) is 24.3 Å². The largest absolute Gasteiger partial charge is 0.225 e. The summed E-state index contributed by atoms with van der Waals surface area (Å²) in [5, 5.41) is 1.97. The predicted molar refractivity (Wildman–Crippen MR) is 74.6 cm³/mol. The summed E-state index contributed by atoms with van der Waals surface area (Å²) in [5.74, 6) is -0.524. The molecule has 20 heavy (non-hydrogen) atoms. The van der Waals surface area contributed by atoms with Crippen molar-refractivity contribution >= 4 is 11.3 Å². The molecule has 1 heterocycles. The molecule has 0 aliphatic rings. The Balaban J connectivity index is 2.09. The van der Waals surface area contributed by atoms with E-state index in [4.69, 9.17) is 0 Å². The van der Waals surface area contributed by atoms with Crippen molar-refractivity contribution in [2.75, 3.05) is 0 Å². The number of halogens is 2. The lowest BCUT2D eigenvalue weighted by Crippen LogP contribution is -2.38. The Morgan fingerprint density at radius 2 is 1.30 bits per heavy atom. The quantitative estimate of drug-likeness (QED) is 0.642. The summed E-state index contributed by atoms with van der Waals surface area (Å²) >= 11 is 1.58. The van der Waals surface area contributed by atoms with E-state index in [0.717, 1.165) is 11.1 Å². The first-order valence-electron chi connectivity index (χ1n) is 6.18. The van der Waals surface area contributed by atoms with Gasteiger partial charge in [0.2, 0.25) is 11.6 Å². The Kier molecular flexibility index (Phi) is 3.56. The maximum atomic E-state index is 13.1. The smallest absolute Gasteiger partial charge is 0.207 e. The molecule has 0 aliphatic heterocycles. The van der Waals surface area contributed by atoms with Gasteiger partial charge in [-0.1, -0.05) is 11.3 Å². The number of rotatable bonds is 3. The highest BCUT2D eigenvalue weighted by Crippen LogP contribution is 2.22. The monoisotopic (exact) mass is 288 g/mol. The third-order valence-corrected chi connectivity index (χ3v) is 3.81. The minimum atomic E-state index is -0.262. The molecular weight excluding hydrogens is 276 g/mol. The average molecular weight is 288 g/mol. The summed E-state index contributed by atoms with van der Waals surface area (Å²) < 4.78 is 28.2. The maximum absolute atomic E-state index is 13.1. The van der Waals surface area contributed by atoms with Crippen LogP contribution in [0.15, 0.2) is 65.6 Å². The molecule has 0 aliphatic carbocycles. The van der Waals surface area contributed by atoms with Crippen LogP contribution in [0.3, 0.4) is 0 Å². The second-order valence-corrected chi connectivity index (χ2v) is 5.23. The number of hydrogen-bond donors (Lipinski definition) is 0. The first-order valence-corrected chi connectivity index (χ1v) is 7.12. The summed E-state index contributed by atoms with van der Waals surface area (Å²) in [6.07, 6.45) is 1.96. The molecule has 4 heteroatoms. The number of thiazole rings is 1. The Morgan fingerprint density at radius 3 is 1.70 bits per heavy atom. The number of nitrogens with zero attached hydrogens (tertiary/aromatic N) is 1. The van der Waals surface area contributed by atoms with Gasteiger partial charge in [-0.2, -0.15) is 4.57 Å². The van der Waals surface area contributed by atoms with Crippen LogP contribution in [0.2, 0.25) is 0 Å². The van der Waals surface area contributed by atoms with E-state index in [-0.39, 0.29) is 17.7 Å².